The van der Waals surface area contributed by atoms with Gasteiger partial charge in [-0.05, 0) is 24.3 Å². The van der Waals surface area contributed by atoms with Crippen LogP contribution in [-0.2, 0) is 0 Å². The number of hydrogen-bond donors (Lipinski definition) is 2. The lowest BCUT2D eigenvalue weighted by Crippen LogP contribution is -2.10. The molecule has 1 aromatic heterocycles. The number of hydrogen-bond acceptors (Lipinski definition) is 3. The Bertz CT molecular complexity index is 479. The summed E-state index contributed by atoms with van der Waals surface area (Å²) in [6.45, 7) is 2.69. The number of nitrogens with two attached hydrogens (primary N) is 2. The highest BCUT2D eigenvalue weighted by Gasteiger charge is 2.05. The van der Waals surface area contributed by atoms with E-state index in [1.54, 1.807) is 0 Å². The SMILES string of the molecule is CC(CN)c1ccc2cc(N)ccc2n1. The van der Waals surface area contributed by atoms with Crippen molar-refractivity contribution in [2.45, 2.75) is 12.8 Å². The van der Waals surface area contributed by atoms with Crippen molar-refractivity contribution in [2.24, 2.45) is 5.73 Å². The smallest absolute Gasteiger partial charge is 0.0706 e. The first kappa shape index (κ1) is 9.93. The third-order valence-corrected chi connectivity index (χ3v) is 2.59. The molecule has 4 N–H and O–H groups in total. The Hall–Kier alpha value is -1.61. The van der Waals surface area contributed by atoms with Crippen LogP contribution in [0.1, 0.15) is 18.5 Å². The lowest BCUT2D eigenvalue weighted by Gasteiger charge is -2.08. The molecule has 15 heavy (non-hydrogen) atoms. The van der Waals surface area contributed by atoms with Crippen molar-refractivity contribution in [1.82, 2.24) is 4.98 Å². The third-order valence-electron chi connectivity index (χ3n) is 2.59. The Labute approximate surface area is 89.1 Å². The molecule has 0 fully saturated rings. The van der Waals surface area contributed by atoms with Crippen LogP contribution >= 0.6 is 0 Å². The monoisotopic (exact) mass is 201 g/mol. The number of benzene rings is 1. The van der Waals surface area contributed by atoms with Gasteiger partial charge in [0, 0.05) is 29.2 Å². The summed E-state index contributed by atoms with van der Waals surface area (Å²) in [5.74, 6) is 0.298. The van der Waals surface area contributed by atoms with Crippen molar-refractivity contribution in [3.8, 4) is 0 Å². The van der Waals surface area contributed by atoms with Crippen LogP contribution in [0.15, 0.2) is 30.3 Å². The highest BCUT2D eigenvalue weighted by Crippen LogP contribution is 2.19. The van der Waals surface area contributed by atoms with E-state index in [0.717, 1.165) is 22.3 Å². The van der Waals surface area contributed by atoms with Gasteiger partial charge in [0.25, 0.3) is 0 Å². The summed E-state index contributed by atoms with van der Waals surface area (Å²) in [7, 11) is 0. The van der Waals surface area contributed by atoms with Crippen LogP contribution < -0.4 is 11.5 Å². The normalized spacial score (nSPS) is 12.9. The Balaban J connectivity index is 2.52. The highest BCUT2D eigenvalue weighted by atomic mass is 14.7. The van der Waals surface area contributed by atoms with Gasteiger partial charge in [-0.2, -0.15) is 0 Å². The van der Waals surface area contributed by atoms with E-state index in [0.29, 0.717) is 12.5 Å². The molecule has 3 heteroatoms. The molecule has 2 rings (SSSR count). The quantitative estimate of drug-likeness (QED) is 0.729. The van der Waals surface area contributed by atoms with Crippen LogP contribution in [0.25, 0.3) is 10.9 Å². The lowest BCUT2D eigenvalue weighted by atomic mass is 10.1. The molecule has 1 aromatic carbocycles. The maximum absolute atomic E-state index is 5.70. The average Bonchev–Trinajstić information content (AvgIpc) is 2.27. The predicted octanol–water partition coefficient (Wildman–Crippen LogP) is 1.88. The van der Waals surface area contributed by atoms with E-state index in [9.17, 15) is 0 Å². The zero-order valence-corrected chi connectivity index (χ0v) is 8.77. The van der Waals surface area contributed by atoms with Crippen LogP contribution in [0.2, 0.25) is 0 Å². The molecule has 0 bridgehead atoms. The first-order valence-corrected chi connectivity index (χ1v) is 5.07. The molecule has 0 radical (unpaired) electrons. The van der Waals surface area contributed by atoms with Gasteiger partial charge in [-0.3, -0.25) is 4.98 Å². The van der Waals surface area contributed by atoms with E-state index in [2.05, 4.69) is 11.9 Å². The van der Waals surface area contributed by atoms with E-state index in [1.165, 1.54) is 0 Å². The van der Waals surface area contributed by atoms with Gasteiger partial charge in [0.15, 0.2) is 0 Å². The molecule has 0 saturated heterocycles. The predicted molar refractivity (Wildman–Crippen MR) is 63.6 cm³/mol. The summed E-state index contributed by atoms with van der Waals surface area (Å²) in [4.78, 5) is 4.55. The fourth-order valence-corrected chi connectivity index (χ4v) is 1.56. The van der Waals surface area contributed by atoms with Gasteiger partial charge >= 0.3 is 0 Å². The summed E-state index contributed by atoms with van der Waals surface area (Å²) in [6.07, 6.45) is 0. The fourth-order valence-electron chi connectivity index (χ4n) is 1.56. The van der Waals surface area contributed by atoms with Crippen LogP contribution in [0.5, 0.6) is 0 Å². The second-order valence-electron chi connectivity index (χ2n) is 3.83. The topological polar surface area (TPSA) is 64.9 Å². The molecule has 0 aliphatic rings. The maximum atomic E-state index is 5.70. The summed E-state index contributed by atoms with van der Waals surface area (Å²) in [5.41, 5.74) is 14.1. The molecule has 0 saturated carbocycles. The van der Waals surface area contributed by atoms with Gasteiger partial charge in [0.05, 0.1) is 5.52 Å². The van der Waals surface area contributed by atoms with E-state index < -0.39 is 0 Å². The van der Waals surface area contributed by atoms with Crippen molar-refractivity contribution in [1.29, 1.82) is 0 Å². The molecule has 1 heterocycles. The molecule has 2 aromatic rings. The van der Waals surface area contributed by atoms with E-state index >= 15 is 0 Å². The average molecular weight is 201 g/mol. The summed E-state index contributed by atoms with van der Waals surface area (Å²) < 4.78 is 0. The summed E-state index contributed by atoms with van der Waals surface area (Å²) >= 11 is 0. The van der Waals surface area contributed by atoms with Crippen molar-refractivity contribution in [2.75, 3.05) is 12.3 Å². The fraction of sp³-hybridized carbons (Fsp3) is 0.250. The molecule has 1 atom stereocenters. The molecule has 0 spiro atoms. The molecular formula is C12H15N3. The number of nitrogens with zero attached hydrogens (tertiary/aromatic N) is 1. The summed E-state index contributed by atoms with van der Waals surface area (Å²) in [6, 6.07) is 9.79. The Morgan fingerprint density at radius 2 is 2.07 bits per heavy atom. The lowest BCUT2D eigenvalue weighted by molar-refractivity contribution is 0.750. The van der Waals surface area contributed by atoms with Gasteiger partial charge in [-0.1, -0.05) is 13.0 Å². The molecule has 1 unspecified atom stereocenters. The van der Waals surface area contributed by atoms with Crippen LogP contribution in [0.4, 0.5) is 5.69 Å². The molecule has 0 amide bonds. The maximum Gasteiger partial charge on any atom is 0.0706 e. The number of rotatable bonds is 2. The minimum atomic E-state index is 0.298. The van der Waals surface area contributed by atoms with Gasteiger partial charge in [0.2, 0.25) is 0 Å². The minimum Gasteiger partial charge on any atom is -0.399 e. The van der Waals surface area contributed by atoms with Gasteiger partial charge < -0.3 is 11.5 Å². The third kappa shape index (κ3) is 1.92. The van der Waals surface area contributed by atoms with Gasteiger partial charge in [-0.15, -0.1) is 0 Å². The molecular weight excluding hydrogens is 186 g/mol. The zero-order chi connectivity index (χ0) is 10.8. The molecule has 0 aliphatic carbocycles. The van der Waals surface area contributed by atoms with Crippen molar-refractivity contribution >= 4 is 16.6 Å². The standard InChI is InChI=1S/C12H15N3/c1-8(7-13)11-4-2-9-6-10(14)3-5-12(9)15-11/h2-6,8H,7,13-14H2,1H3. The van der Waals surface area contributed by atoms with Crippen molar-refractivity contribution in [3.05, 3.63) is 36.0 Å². The second-order valence-corrected chi connectivity index (χ2v) is 3.83. The van der Waals surface area contributed by atoms with E-state index in [1.807, 2.05) is 30.3 Å². The van der Waals surface area contributed by atoms with Crippen LogP contribution in [-0.4, -0.2) is 11.5 Å². The highest BCUT2D eigenvalue weighted by molar-refractivity contribution is 5.82. The van der Waals surface area contributed by atoms with Crippen LogP contribution in [0.3, 0.4) is 0 Å². The first-order chi connectivity index (χ1) is 7.20. The number of anilines is 1. The Morgan fingerprint density at radius 1 is 1.27 bits per heavy atom. The molecule has 0 aliphatic heterocycles. The Kier molecular flexibility index (Phi) is 2.56. The van der Waals surface area contributed by atoms with Gasteiger partial charge in [-0.25, -0.2) is 0 Å². The number of nitrogen functional groups attached to an aromatic ring is 1. The molecule has 78 valence electrons. The molecule has 3 nitrogen and oxygen atoms in total. The van der Waals surface area contributed by atoms with E-state index in [4.69, 9.17) is 11.5 Å². The minimum absolute atomic E-state index is 0.298. The Morgan fingerprint density at radius 3 is 2.80 bits per heavy atom. The number of pyridine rings is 1. The first-order valence-electron chi connectivity index (χ1n) is 5.07. The van der Waals surface area contributed by atoms with E-state index in [-0.39, 0.29) is 0 Å². The second kappa shape index (κ2) is 3.87. The van der Waals surface area contributed by atoms with Crippen LogP contribution in [0, 0.1) is 0 Å². The largest absolute Gasteiger partial charge is 0.399 e. The summed E-state index contributed by atoms with van der Waals surface area (Å²) in [5, 5.41) is 1.07. The van der Waals surface area contributed by atoms with Gasteiger partial charge in [0.1, 0.15) is 0 Å². The number of aromatic nitrogens is 1. The zero-order valence-electron chi connectivity index (χ0n) is 8.77. The van der Waals surface area contributed by atoms with Crippen molar-refractivity contribution < 1.29 is 0 Å². The van der Waals surface area contributed by atoms with Crippen molar-refractivity contribution in [3.63, 3.8) is 0 Å². The number of fused-ring (bicyclic) bond motifs is 1.